The molecule has 1 nitrogen and oxygen atoms in total. The molecular formula is C17H28FN. The summed E-state index contributed by atoms with van der Waals surface area (Å²) in [5.74, 6) is -0.0531. The molecule has 0 saturated carbocycles. The minimum atomic E-state index is -0.0531. The minimum absolute atomic E-state index is 0.0516. The van der Waals surface area contributed by atoms with Crippen molar-refractivity contribution in [1.82, 2.24) is 5.32 Å². The van der Waals surface area contributed by atoms with Crippen LogP contribution >= 0.6 is 0 Å². The minimum Gasteiger partial charge on any atom is -0.316 e. The van der Waals surface area contributed by atoms with E-state index in [4.69, 9.17) is 0 Å². The zero-order valence-electron chi connectivity index (χ0n) is 12.6. The van der Waals surface area contributed by atoms with E-state index < -0.39 is 0 Å². The standard InChI is InChI=1S/C17H28FN/c1-4-11-17(12-5-2,14-19-13-6-3)15-9-7-8-10-16(15)18/h7-10,19H,4-6,11-14H2,1-3H3. The second-order valence-corrected chi connectivity index (χ2v) is 5.44. The molecule has 1 rings (SSSR count). The van der Waals surface area contributed by atoms with E-state index in [2.05, 4.69) is 26.1 Å². The molecule has 0 aliphatic carbocycles. The Labute approximate surface area is 117 Å². The maximum atomic E-state index is 14.2. The van der Waals surface area contributed by atoms with Crippen LogP contribution in [0.25, 0.3) is 0 Å². The Morgan fingerprint density at radius 3 is 2.16 bits per heavy atom. The van der Waals surface area contributed by atoms with E-state index in [-0.39, 0.29) is 11.2 Å². The molecule has 0 amide bonds. The van der Waals surface area contributed by atoms with Crippen LogP contribution in [-0.2, 0) is 5.41 Å². The summed E-state index contributed by atoms with van der Waals surface area (Å²) in [5, 5.41) is 3.50. The summed E-state index contributed by atoms with van der Waals surface area (Å²) in [6, 6.07) is 7.29. The Morgan fingerprint density at radius 2 is 1.63 bits per heavy atom. The highest BCUT2D eigenvalue weighted by Gasteiger charge is 2.32. The van der Waals surface area contributed by atoms with Gasteiger partial charge in [-0.1, -0.05) is 51.8 Å². The molecule has 0 aromatic heterocycles. The second-order valence-electron chi connectivity index (χ2n) is 5.44. The third-order valence-corrected chi connectivity index (χ3v) is 3.79. The molecule has 1 aromatic rings. The maximum absolute atomic E-state index is 14.2. The highest BCUT2D eigenvalue weighted by atomic mass is 19.1. The third-order valence-electron chi connectivity index (χ3n) is 3.79. The van der Waals surface area contributed by atoms with Crippen molar-refractivity contribution in [1.29, 1.82) is 0 Å². The highest BCUT2D eigenvalue weighted by Crippen LogP contribution is 2.35. The lowest BCUT2D eigenvalue weighted by atomic mass is 9.73. The van der Waals surface area contributed by atoms with Gasteiger partial charge in [0.25, 0.3) is 0 Å². The van der Waals surface area contributed by atoms with Gasteiger partial charge in [0.2, 0.25) is 0 Å². The Hall–Kier alpha value is -0.890. The first-order valence-electron chi connectivity index (χ1n) is 7.66. The van der Waals surface area contributed by atoms with Gasteiger partial charge in [-0.15, -0.1) is 0 Å². The predicted molar refractivity (Wildman–Crippen MR) is 81.1 cm³/mol. The van der Waals surface area contributed by atoms with Crippen molar-refractivity contribution in [2.75, 3.05) is 13.1 Å². The van der Waals surface area contributed by atoms with Gasteiger partial charge in [0, 0.05) is 12.0 Å². The van der Waals surface area contributed by atoms with Crippen molar-refractivity contribution < 1.29 is 4.39 Å². The summed E-state index contributed by atoms with van der Waals surface area (Å²) in [6.07, 6.45) is 5.37. The summed E-state index contributed by atoms with van der Waals surface area (Å²) in [4.78, 5) is 0. The van der Waals surface area contributed by atoms with Gasteiger partial charge in [-0.05, 0) is 37.4 Å². The molecule has 0 aliphatic heterocycles. The molecule has 0 atom stereocenters. The SMILES string of the molecule is CCCNCC(CCC)(CCC)c1ccccc1F. The van der Waals surface area contributed by atoms with Gasteiger partial charge in [-0.25, -0.2) is 4.39 Å². The molecule has 2 heteroatoms. The number of rotatable bonds is 9. The molecule has 1 N–H and O–H groups in total. The molecule has 0 radical (unpaired) electrons. The van der Waals surface area contributed by atoms with E-state index in [1.165, 1.54) is 0 Å². The van der Waals surface area contributed by atoms with Gasteiger partial charge >= 0.3 is 0 Å². The zero-order chi connectivity index (χ0) is 14.1. The van der Waals surface area contributed by atoms with Crippen molar-refractivity contribution in [2.24, 2.45) is 0 Å². The van der Waals surface area contributed by atoms with Gasteiger partial charge in [-0.3, -0.25) is 0 Å². The second kappa shape index (κ2) is 8.31. The largest absolute Gasteiger partial charge is 0.316 e. The molecule has 0 saturated heterocycles. The normalized spacial score (nSPS) is 11.8. The quantitative estimate of drug-likeness (QED) is 0.640. The molecule has 1 aromatic carbocycles. The van der Waals surface area contributed by atoms with E-state index in [1.54, 1.807) is 12.1 Å². The van der Waals surface area contributed by atoms with Crippen LogP contribution in [0, 0.1) is 5.82 Å². The van der Waals surface area contributed by atoms with Crippen molar-refractivity contribution in [3.63, 3.8) is 0 Å². The van der Waals surface area contributed by atoms with Crippen LogP contribution in [0.5, 0.6) is 0 Å². The van der Waals surface area contributed by atoms with E-state index in [0.717, 1.165) is 50.8 Å². The van der Waals surface area contributed by atoms with Crippen LogP contribution in [-0.4, -0.2) is 13.1 Å². The number of nitrogens with one attached hydrogen (secondary N) is 1. The van der Waals surface area contributed by atoms with Crippen molar-refractivity contribution in [2.45, 2.75) is 58.3 Å². The fraction of sp³-hybridized carbons (Fsp3) is 0.647. The number of benzene rings is 1. The monoisotopic (exact) mass is 265 g/mol. The van der Waals surface area contributed by atoms with Gasteiger partial charge in [0.05, 0.1) is 0 Å². The summed E-state index contributed by atoms with van der Waals surface area (Å²) < 4.78 is 14.2. The Kier molecular flexibility index (Phi) is 7.07. The molecule has 0 heterocycles. The van der Waals surface area contributed by atoms with Crippen molar-refractivity contribution >= 4 is 0 Å². The lowest BCUT2D eigenvalue weighted by molar-refractivity contribution is 0.324. The zero-order valence-corrected chi connectivity index (χ0v) is 12.6. The fourth-order valence-electron chi connectivity index (χ4n) is 3.02. The summed E-state index contributed by atoms with van der Waals surface area (Å²) >= 11 is 0. The average molecular weight is 265 g/mol. The summed E-state index contributed by atoms with van der Waals surface area (Å²) in [6.45, 7) is 8.42. The Balaban J connectivity index is 3.03. The molecule has 108 valence electrons. The molecule has 0 spiro atoms. The maximum Gasteiger partial charge on any atom is 0.127 e. The topological polar surface area (TPSA) is 12.0 Å². The first-order chi connectivity index (χ1) is 9.20. The predicted octanol–water partition coefficient (Wildman–Crippen LogP) is 4.66. The van der Waals surface area contributed by atoms with Gasteiger partial charge in [-0.2, -0.15) is 0 Å². The Bertz CT molecular complexity index is 356. The first kappa shape index (κ1) is 16.2. The number of hydrogen-bond acceptors (Lipinski definition) is 1. The number of halogens is 1. The lowest BCUT2D eigenvalue weighted by Crippen LogP contribution is -2.39. The van der Waals surface area contributed by atoms with Gasteiger partial charge in [0.1, 0.15) is 5.82 Å². The van der Waals surface area contributed by atoms with Crippen molar-refractivity contribution in [3.8, 4) is 0 Å². The summed E-state index contributed by atoms with van der Waals surface area (Å²) in [7, 11) is 0. The Morgan fingerprint density at radius 1 is 1.00 bits per heavy atom. The fourth-order valence-corrected chi connectivity index (χ4v) is 3.02. The van der Waals surface area contributed by atoms with Crippen LogP contribution in [0.4, 0.5) is 4.39 Å². The average Bonchev–Trinajstić information content (AvgIpc) is 2.40. The van der Waals surface area contributed by atoms with E-state index >= 15 is 0 Å². The third kappa shape index (κ3) is 4.31. The van der Waals surface area contributed by atoms with Crippen molar-refractivity contribution in [3.05, 3.63) is 35.6 Å². The first-order valence-corrected chi connectivity index (χ1v) is 7.66. The molecule has 0 fully saturated rings. The van der Waals surface area contributed by atoms with E-state index in [9.17, 15) is 4.39 Å². The van der Waals surface area contributed by atoms with Crippen LogP contribution in [0.1, 0.15) is 58.4 Å². The lowest BCUT2D eigenvalue weighted by Gasteiger charge is -2.35. The molecular weight excluding hydrogens is 237 g/mol. The van der Waals surface area contributed by atoms with E-state index in [0.29, 0.717) is 0 Å². The molecule has 0 unspecified atom stereocenters. The summed E-state index contributed by atoms with van der Waals surface area (Å²) in [5.41, 5.74) is 0.839. The van der Waals surface area contributed by atoms with Crippen LogP contribution in [0.3, 0.4) is 0 Å². The smallest absolute Gasteiger partial charge is 0.127 e. The van der Waals surface area contributed by atoms with Gasteiger partial charge in [0.15, 0.2) is 0 Å². The number of hydrogen-bond donors (Lipinski definition) is 1. The van der Waals surface area contributed by atoms with Crippen LogP contribution < -0.4 is 5.32 Å². The highest BCUT2D eigenvalue weighted by molar-refractivity contribution is 5.28. The molecule has 0 aliphatic rings. The van der Waals surface area contributed by atoms with E-state index in [1.807, 2.05) is 12.1 Å². The van der Waals surface area contributed by atoms with Crippen LogP contribution in [0.2, 0.25) is 0 Å². The molecule has 19 heavy (non-hydrogen) atoms. The van der Waals surface area contributed by atoms with Crippen LogP contribution in [0.15, 0.2) is 24.3 Å². The van der Waals surface area contributed by atoms with Gasteiger partial charge < -0.3 is 5.32 Å². The molecule has 0 bridgehead atoms.